The molecule has 0 saturated heterocycles. The molecule has 1 heterocycles. The molecule has 0 amide bonds. The average Bonchev–Trinajstić information content (AvgIpc) is 2.67. The van der Waals surface area contributed by atoms with Gasteiger partial charge in [-0.2, -0.15) is 0 Å². The first-order chi connectivity index (χ1) is 14.0. The largest absolute Gasteiger partial charge is 0.508 e. The Balaban J connectivity index is 0.000000232. The maximum atomic E-state index is 11.7. The minimum atomic E-state index is -3.22. The maximum Gasteiger partial charge on any atom is 0.346 e. The van der Waals surface area contributed by atoms with Gasteiger partial charge < -0.3 is 19.4 Å². The number of aryl methyl sites for hydroxylation is 2. The van der Waals surface area contributed by atoms with E-state index in [0.717, 1.165) is 11.8 Å². The van der Waals surface area contributed by atoms with Crippen LogP contribution in [0.4, 0.5) is 0 Å². The van der Waals surface area contributed by atoms with Gasteiger partial charge in [-0.15, -0.1) is 0 Å². The highest BCUT2D eigenvalue weighted by molar-refractivity contribution is 7.90. The van der Waals surface area contributed by atoms with E-state index in [9.17, 15) is 18.3 Å². The molecule has 0 unspecified atom stereocenters. The number of aromatic hydroxyl groups is 2. The van der Waals surface area contributed by atoms with Gasteiger partial charge in [0, 0.05) is 11.6 Å². The van der Waals surface area contributed by atoms with E-state index in [1.54, 1.807) is 31.2 Å². The van der Waals surface area contributed by atoms with Gasteiger partial charge in [-0.05, 0) is 43.7 Å². The van der Waals surface area contributed by atoms with Crippen LogP contribution in [0.3, 0.4) is 0 Å². The Morgan fingerprint density at radius 3 is 2.30 bits per heavy atom. The number of sulfone groups is 1. The summed E-state index contributed by atoms with van der Waals surface area (Å²) in [6, 6.07) is 9.30. The molecule has 2 aromatic carbocycles. The van der Waals surface area contributed by atoms with Gasteiger partial charge in [0.15, 0.2) is 9.84 Å². The molecule has 1 aromatic heterocycles. The summed E-state index contributed by atoms with van der Waals surface area (Å²) in [5.41, 5.74) is 0.943. The number of fused-ring (bicyclic) bond motifs is 1. The molecular weight excluding hydrogens is 416 g/mol. The lowest BCUT2D eigenvalue weighted by Gasteiger charge is -2.07. The molecule has 0 saturated carbocycles. The molecule has 3 rings (SSSR count). The molecule has 0 bridgehead atoms. The van der Waals surface area contributed by atoms with Crippen LogP contribution in [0, 0.1) is 13.8 Å². The van der Waals surface area contributed by atoms with Gasteiger partial charge in [0.05, 0.1) is 10.3 Å². The van der Waals surface area contributed by atoms with E-state index in [-0.39, 0.29) is 35.6 Å². The van der Waals surface area contributed by atoms with E-state index < -0.39 is 15.5 Å². The average molecular weight is 438 g/mol. The van der Waals surface area contributed by atoms with E-state index in [1.807, 2.05) is 6.92 Å². The first-order valence-corrected chi connectivity index (χ1v) is 10.6. The summed E-state index contributed by atoms with van der Waals surface area (Å²) in [4.78, 5) is 15.7. The number of hydrogen-bond donors (Lipinski definition) is 3. The molecule has 162 valence electrons. The summed E-state index contributed by atoms with van der Waals surface area (Å²) in [6.45, 7) is 3.37. The zero-order valence-electron chi connectivity index (χ0n) is 16.6. The lowest BCUT2D eigenvalue weighted by atomic mass is 10.1. The Labute approximate surface area is 172 Å². The van der Waals surface area contributed by atoms with Gasteiger partial charge in [-0.3, -0.25) is 5.26 Å². The Morgan fingerprint density at radius 1 is 1.00 bits per heavy atom. The second-order valence-electron chi connectivity index (χ2n) is 6.48. The third-order valence-electron chi connectivity index (χ3n) is 4.01. The summed E-state index contributed by atoms with van der Waals surface area (Å²) in [5, 5.41) is 27.7. The molecule has 0 atom stereocenters. The monoisotopic (exact) mass is 438 g/mol. The SMILES string of the molecule is Cc1ccc(O)cc1S(C)(=O)=O.Cc1ccc2c(O)c(OCCOO)oc(=O)c2c1. The Bertz CT molecular complexity index is 1200. The predicted molar refractivity (Wildman–Crippen MR) is 109 cm³/mol. The van der Waals surface area contributed by atoms with Crippen LogP contribution in [0.5, 0.6) is 17.4 Å². The van der Waals surface area contributed by atoms with Gasteiger partial charge in [0.25, 0.3) is 0 Å². The zero-order chi connectivity index (χ0) is 22.5. The molecule has 3 N–H and O–H groups in total. The predicted octanol–water partition coefficient (Wildman–Crippen LogP) is 2.78. The number of phenolic OH excluding ortho intramolecular Hbond substituents is 1. The van der Waals surface area contributed by atoms with Crippen LogP contribution in [0.1, 0.15) is 11.1 Å². The number of ether oxygens (including phenoxy) is 1. The highest BCUT2D eigenvalue weighted by Crippen LogP contribution is 2.32. The first-order valence-electron chi connectivity index (χ1n) is 8.70. The fourth-order valence-electron chi connectivity index (χ4n) is 2.59. The molecule has 30 heavy (non-hydrogen) atoms. The zero-order valence-corrected chi connectivity index (χ0v) is 17.4. The Kier molecular flexibility index (Phi) is 7.43. The smallest absolute Gasteiger partial charge is 0.346 e. The topological polar surface area (TPSA) is 144 Å². The molecule has 10 heteroatoms. The fraction of sp³-hybridized carbons (Fsp3) is 0.250. The van der Waals surface area contributed by atoms with Crippen molar-refractivity contribution in [2.75, 3.05) is 19.5 Å². The van der Waals surface area contributed by atoms with Gasteiger partial charge in [0.2, 0.25) is 5.75 Å². The van der Waals surface area contributed by atoms with Crippen molar-refractivity contribution in [3.05, 3.63) is 57.9 Å². The van der Waals surface area contributed by atoms with E-state index in [1.165, 1.54) is 12.1 Å². The van der Waals surface area contributed by atoms with Crippen LogP contribution in [0.25, 0.3) is 10.8 Å². The molecular formula is C20H22O9S. The summed E-state index contributed by atoms with van der Waals surface area (Å²) in [5.74, 6) is -0.558. The summed E-state index contributed by atoms with van der Waals surface area (Å²) < 4.78 is 32.0. The molecule has 0 aliphatic carbocycles. The van der Waals surface area contributed by atoms with Crippen molar-refractivity contribution >= 4 is 20.6 Å². The molecule has 9 nitrogen and oxygen atoms in total. The number of phenols is 1. The minimum absolute atomic E-state index is 0.0268. The van der Waals surface area contributed by atoms with E-state index >= 15 is 0 Å². The third kappa shape index (κ3) is 5.72. The molecule has 3 aromatic rings. The lowest BCUT2D eigenvalue weighted by molar-refractivity contribution is -0.246. The van der Waals surface area contributed by atoms with Crippen molar-refractivity contribution in [3.8, 4) is 17.4 Å². The van der Waals surface area contributed by atoms with Crippen LogP contribution in [-0.2, 0) is 14.7 Å². The highest BCUT2D eigenvalue weighted by Gasteiger charge is 2.14. The number of rotatable bonds is 5. The normalized spacial score (nSPS) is 11.1. The van der Waals surface area contributed by atoms with Gasteiger partial charge in [-0.1, -0.05) is 17.7 Å². The molecule has 0 aliphatic heterocycles. The first kappa shape index (κ1) is 23.2. The van der Waals surface area contributed by atoms with Crippen molar-refractivity contribution in [1.82, 2.24) is 0 Å². The van der Waals surface area contributed by atoms with Gasteiger partial charge in [-0.25, -0.2) is 18.1 Å². The third-order valence-corrected chi connectivity index (χ3v) is 5.25. The second kappa shape index (κ2) is 9.61. The van der Waals surface area contributed by atoms with E-state index in [4.69, 9.17) is 19.5 Å². The van der Waals surface area contributed by atoms with E-state index in [2.05, 4.69) is 4.89 Å². The molecule has 0 spiro atoms. The second-order valence-corrected chi connectivity index (χ2v) is 8.46. The van der Waals surface area contributed by atoms with Crippen molar-refractivity contribution in [2.24, 2.45) is 0 Å². The van der Waals surface area contributed by atoms with Crippen molar-refractivity contribution < 1.29 is 37.9 Å². The van der Waals surface area contributed by atoms with Crippen LogP contribution < -0.4 is 10.4 Å². The summed E-state index contributed by atoms with van der Waals surface area (Å²) in [6.07, 6.45) is 1.12. The van der Waals surface area contributed by atoms with Crippen molar-refractivity contribution in [1.29, 1.82) is 0 Å². The number of hydrogen-bond acceptors (Lipinski definition) is 9. The summed E-state index contributed by atoms with van der Waals surface area (Å²) >= 11 is 0. The quantitative estimate of drug-likeness (QED) is 0.311. The van der Waals surface area contributed by atoms with Crippen LogP contribution in [0.2, 0.25) is 0 Å². The fourth-order valence-corrected chi connectivity index (χ4v) is 3.58. The Morgan fingerprint density at radius 2 is 1.70 bits per heavy atom. The minimum Gasteiger partial charge on any atom is -0.508 e. The van der Waals surface area contributed by atoms with E-state index in [0.29, 0.717) is 16.3 Å². The number of benzene rings is 2. The van der Waals surface area contributed by atoms with Gasteiger partial charge >= 0.3 is 11.6 Å². The standard InChI is InChI=1S/C12H12O6.C8H10O3S/c1-7-2-3-8-9(6-7)11(14)18-12(10(8)13)16-4-5-17-15;1-6-3-4-7(9)5-8(6)12(2,10)11/h2-3,6,13,15H,4-5H2,1H3;3-5,9H,1-2H3. The molecule has 0 fully saturated rings. The highest BCUT2D eigenvalue weighted by atomic mass is 32.2. The molecule has 0 radical (unpaired) electrons. The van der Waals surface area contributed by atoms with Crippen molar-refractivity contribution in [2.45, 2.75) is 18.7 Å². The van der Waals surface area contributed by atoms with Crippen LogP contribution in [-0.4, -0.2) is 43.4 Å². The lowest BCUT2D eigenvalue weighted by Crippen LogP contribution is -2.08. The molecule has 0 aliphatic rings. The van der Waals surface area contributed by atoms with Crippen LogP contribution in [0.15, 0.2) is 50.5 Å². The van der Waals surface area contributed by atoms with Gasteiger partial charge in [0.1, 0.15) is 19.0 Å². The van der Waals surface area contributed by atoms with Crippen LogP contribution >= 0.6 is 0 Å². The maximum absolute atomic E-state index is 11.7. The van der Waals surface area contributed by atoms with Crippen molar-refractivity contribution in [3.63, 3.8) is 0 Å². The summed E-state index contributed by atoms with van der Waals surface area (Å²) in [7, 11) is -3.22. The Hall–Kier alpha value is -3.08.